The van der Waals surface area contributed by atoms with E-state index in [9.17, 15) is 4.79 Å². The van der Waals surface area contributed by atoms with Crippen LogP contribution in [0.15, 0.2) is 18.3 Å². The molecule has 2 aromatic heterocycles. The fourth-order valence-corrected chi connectivity index (χ4v) is 3.18. The minimum Gasteiger partial charge on any atom is -0.342 e. The molecule has 0 bridgehead atoms. The molecule has 1 N–H and O–H groups in total. The Balaban J connectivity index is 1.59. The van der Waals surface area contributed by atoms with Gasteiger partial charge in [-0.15, -0.1) is 0 Å². The number of carbonyl (C=O) groups is 1. The summed E-state index contributed by atoms with van der Waals surface area (Å²) >= 11 is 0. The number of carbonyl (C=O) groups excluding carboxylic acids is 1. The largest absolute Gasteiger partial charge is 0.342 e. The average molecular weight is 270 g/mol. The lowest BCUT2D eigenvalue weighted by Gasteiger charge is -2.32. The summed E-state index contributed by atoms with van der Waals surface area (Å²) in [7, 11) is 0. The molecule has 1 aliphatic carbocycles. The SMILES string of the molecule is O=C(C1CC1)N1CCCC(c2[nH]nc3ncccc23)C1. The van der Waals surface area contributed by atoms with Crippen LogP contribution in [0.1, 0.15) is 37.3 Å². The Morgan fingerprint density at radius 1 is 1.35 bits per heavy atom. The highest BCUT2D eigenvalue weighted by molar-refractivity contribution is 5.81. The molecule has 0 aromatic carbocycles. The van der Waals surface area contributed by atoms with Gasteiger partial charge in [-0.3, -0.25) is 9.89 Å². The van der Waals surface area contributed by atoms with Crippen LogP contribution >= 0.6 is 0 Å². The van der Waals surface area contributed by atoms with E-state index in [0.717, 1.165) is 55.5 Å². The van der Waals surface area contributed by atoms with Crippen LogP contribution in [0.4, 0.5) is 0 Å². The molecule has 2 aromatic rings. The molecular formula is C15H18N4O. The second-order valence-corrected chi connectivity index (χ2v) is 5.91. The maximum absolute atomic E-state index is 12.2. The van der Waals surface area contributed by atoms with Crippen molar-refractivity contribution in [2.45, 2.75) is 31.6 Å². The second kappa shape index (κ2) is 4.58. The molecule has 1 aliphatic heterocycles. The van der Waals surface area contributed by atoms with E-state index in [0.29, 0.717) is 17.7 Å². The Kier molecular flexibility index (Phi) is 2.72. The smallest absolute Gasteiger partial charge is 0.225 e. The molecule has 4 rings (SSSR count). The number of nitrogens with zero attached hydrogens (tertiary/aromatic N) is 3. The minimum atomic E-state index is 0.314. The first kappa shape index (κ1) is 11.9. The van der Waals surface area contributed by atoms with Gasteiger partial charge in [0.1, 0.15) is 0 Å². The van der Waals surface area contributed by atoms with Crippen LogP contribution in [0.5, 0.6) is 0 Å². The molecule has 1 saturated heterocycles. The number of likely N-dealkylation sites (tertiary alicyclic amines) is 1. The van der Waals surface area contributed by atoms with Gasteiger partial charge in [0.2, 0.25) is 5.91 Å². The number of H-pyrrole nitrogens is 1. The van der Waals surface area contributed by atoms with Crippen molar-refractivity contribution in [1.82, 2.24) is 20.1 Å². The van der Waals surface area contributed by atoms with E-state index in [1.807, 2.05) is 6.07 Å². The van der Waals surface area contributed by atoms with E-state index < -0.39 is 0 Å². The minimum absolute atomic E-state index is 0.314. The molecule has 1 unspecified atom stereocenters. The van der Waals surface area contributed by atoms with Crippen LogP contribution in [0.2, 0.25) is 0 Å². The summed E-state index contributed by atoms with van der Waals surface area (Å²) in [4.78, 5) is 18.5. The molecule has 20 heavy (non-hydrogen) atoms. The third-order valence-corrected chi connectivity index (χ3v) is 4.43. The number of pyridine rings is 1. The van der Waals surface area contributed by atoms with E-state index in [1.54, 1.807) is 6.20 Å². The summed E-state index contributed by atoms with van der Waals surface area (Å²) < 4.78 is 0. The number of rotatable bonds is 2. The Morgan fingerprint density at radius 2 is 2.25 bits per heavy atom. The fraction of sp³-hybridized carbons (Fsp3) is 0.533. The third kappa shape index (κ3) is 1.97. The summed E-state index contributed by atoms with van der Waals surface area (Å²) in [5.74, 6) is 1.03. The Morgan fingerprint density at radius 3 is 3.10 bits per heavy atom. The monoisotopic (exact) mass is 270 g/mol. The second-order valence-electron chi connectivity index (χ2n) is 5.91. The lowest BCUT2D eigenvalue weighted by atomic mass is 9.93. The lowest BCUT2D eigenvalue weighted by Crippen LogP contribution is -2.40. The van der Waals surface area contributed by atoms with Crippen molar-refractivity contribution in [1.29, 1.82) is 0 Å². The number of piperidine rings is 1. The molecule has 2 fully saturated rings. The van der Waals surface area contributed by atoms with Gasteiger partial charge in [-0.05, 0) is 37.8 Å². The van der Waals surface area contributed by atoms with Crippen molar-refractivity contribution < 1.29 is 4.79 Å². The first-order valence-corrected chi connectivity index (χ1v) is 7.40. The first-order valence-electron chi connectivity index (χ1n) is 7.40. The molecule has 5 nitrogen and oxygen atoms in total. The van der Waals surface area contributed by atoms with Crippen molar-refractivity contribution in [2.24, 2.45) is 5.92 Å². The number of aromatic amines is 1. The highest BCUT2D eigenvalue weighted by Gasteiger charge is 2.36. The molecule has 1 amide bonds. The van der Waals surface area contributed by atoms with Gasteiger partial charge in [0.05, 0.1) is 0 Å². The zero-order valence-corrected chi connectivity index (χ0v) is 11.4. The fourth-order valence-electron chi connectivity index (χ4n) is 3.18. The van der Waals surface area contributed by atoms with Crippen LogP contribution in [-0.2, 0) is 4.79 Å². The van der Waals surface area contributed by atoms with Crippen LogP contribution in [-0.4, -0.2) is 39.1 Å². The van der Waals surface area contributed by atoms with Crippen molar-refractivity contribution in [3.05, 3.63) is 24.0 Å². The molecule has 1 atom stereocenters. The zero-order valence-electron chi connectivity index (χ0n) is 11.4. The lowest BCUT2D eigenvalue weighted by molar-refractivity contribution is -0.133. The number of fused-ring (bicyclic) bond motifs is 1. The zero-order chi connectivity index (χ0) is 13.5. The molecule has 1 saturated carbocycles. The number of hydrogen-bond donors (Lipinski definition) is 1. The maximum Gasteiger partial charge on any atom is 0.225 e. The summed E-state index contributed by atoms with van der Waals surface area (Å²) in [6, 6.07) is 4.00. The Bertz CT molecular complexity index is 646. The maximum atomic E-state index is 12.2. The van der Waals surface area contributed by atoms with Gasteiger partial charge in [-0.25, -0.2) is 4.98 Å². The Hall–Kier alpha value is -1.91. The van der Waals surface area contributed by atoms with Crippen LogP contribution in [0.25, 0.3) is 11.0 Å². The third-order valence-electron chi connectivity index (χ3n) is 4.43. The summed E-state index contributed by atoms with van der Waals surface area (Å²) in [5.41, 5.74) is 1.91. The van der Waals surface area contributed by atoms with Gasteiger partial charge < -0.3 is 4.90 Å². The first-order chi connectivity index (χ1) is 9.83. The van der Waals surface area contributed by atoms with E-state index in [1.165, 1.54) is 0 Å². The van der Waals surface area contributed by atoms with Gasteiger partial charge in [-0.1, -0.05) is 0 Å². The predicted octanol–water partition coefficient (Wildman–Crippen LogP) is 2.07. The normalized spacial score (nSPS) is 23.2. The summed E-state index contributed by atoms with van der Waals surface area (Å²) in [6.45, 7) is 1.73. The van der Waals surface area contributed by atoms with Gasteiger partial charge in [0, 0.05) is 42.2 Å². The molecule has 104 valence electrons. The number of hydrogen-bond acceptors (Lipinski definition) is 3. The van der Waals surface area contributed by atoms with E-state index in [4.69, 9.17) is 0 Å². The molecule has 0 spiro atoms. The van der Waals surface area contributed by atoms with Crippen molar-refractivity contribution >= 4 is 16.9 Å². The standard InChI is InChI=1S/C15H18N4O/c20-15(10-5-6-10)19-8-2-3-11(9-19)13-12-4-1-7-16-14(12)18-17-13/h1,4,7,10-11H,2-3,5-6,8-9H2,(H,16,17,18). The van der Waals surface area contributed by atoms with Gasteiger partial charge in [0.15, 0.2) is 5.65 Å². The molecule has 5 heteroatoms. The Labute approximate surface area is 117 Å². The predicted molar refractivity (Wildman–Crippen MR) is 75.2 cm³/mol. The molecule has 0 radical (unpaired) electrons. The van der Waals surface area contributed by atoms with Crippen LogP contribution in [0.3, 0.4) is 0 Å². The summed E-state index contributed by atoms with van der Waals surface area (Å²) in [6.07, 6.45) is 6.11. The van der Waals surface area contributed by atoms with E-state index in [-0.39, 0.29) is 0 Å². The van der Waals surface area contributed by atoms with Gasteiger partial charge in [0.25, 0.3) is 0 Å². The quantitative estimate of drug-likeness (QED) is 0.908. The summed E-state index contributed by atoms with van der Waals surface area (Å²) in [5, 5.41) is 8.50. The van der Waals surface area contributed by atoms with E-state index >= 15 is 0 Å². The topological polar surface area (TPSA) is 61.9 Å². The van der Waals surface area contributed by atoms with Crippen molar-refractivity contribution in [3.63, 3.8) is 0 Å². The van der Waals surface area contributed by atoms with Gasteiger partial charge >= 0.3 is 0 Å². The van der Waals surface area contributed by atoms with Crippen LogP contribution in [0, 0.1) is 5.92 Å². The van der Waals surface area contributed by atoms with Crippen molar-refractivity contribution in [2.75, 3.05) is 13.1 Å². The molecule has 3 heterocycles. The highest BCUT2D eigenvalue weighted by Crippen LogP contribution is 2.35. The highest BCUT2D eigenvalue weighted by atomic mass is 16.2. The van der Waals surface area contributed by atoms with Crippen LogP contribution < -0.4 is 0 Å². The average Bonchev–Trinajstić information content (AvgIpc) is 3.26. The molecule has 2 aliphatic rings. The number of amides is 1. The number of aromatic nitrogens is 3. The van der Waals surface area contributed by atoms with Crippen molar-refractivity contribution in [3.8, 4) is 0 Å². The molecular weight excluding hydrogens is 252 g/mol. The van der Waals surface area contributed by atoms with E-state index in [2.05, 4.69) is 26.1 Å². The number of nitrogens with one attached hydrogen (secondary N) is 1. The van der Waals surface area contributed by atoms with Gasteiger partial charge in [-0.2, -0.15) is 5.10 Å².